The lowest BCUT2D eigenvalue weighted by atomic mass is 10.1. The number of rotatable bonds is 7. The Balaban J connectivity index is 1.53. The van der Waals surface area contributed by atoms with Crippen LogP contribution in [0.2, 0.25) is 0 Å². The van der Waals surface area contributed by atoms with Crippen molar-refractivity contribution < 1.29 is 14.3 Å². The number of piperidine rings is 1. The van der Waals surface area contributed by atoms with E-state index in [-0.39, 0.29) is 18.0 Å². The molecule has 2 aromatic rings. The number of benzene rings is 2. The molecule has 0 aromatic heterocycles. The van der Waals surface area contributed by atoms with Gasteiger partial charge in [0.2, 0.25) is 0 Å². The zero-order valence-corrected chi connectivity index (χ0v) is 18.7. The Morgan fingerprint density at radius 1 is 1.10 bits per heavy atom. The fraction of sp³-hybridized carbons (Fsp3) is 0.440. The van der Waals surface area contributed by atoms with Crippen molar-refractivity contribution in [3.8, 4) is 0 Å². The van der Waals surface area contributed by atoms with E-state index in [4.69, 9.17) is 4.74 Å². The molecule has 0 saturated carbocycles. The van der Waals surface area contributed by atoms with Crippen molar-refractivity contribution in [2.45, 2.75) is 39.2 Å². The lowest BCUT2D eigenvalue weighted by Gasteiger charge is -2.32. The average Bonchev–Trinajstić information content (AvgIpc) is 2.79. The maximum absolute atomic E-state index is 12.8. The van der Waals surface area contributed by atoms with Crippen molar-refractivity contribution in [3.05, 3.63) is 60.2 Å². The van der Waals surface area contributed by atoms with Crippen LogP contribution in [0.1, 0.15) is 43.5 Å². The SMILES string of the molecule is CC(C)CCOC1CCN(C(=O)Nc2cccc(C(=O)N(C)c3ccccc3)c2)CC1. The molecule has 1 N–H and O–H groups in total. The molecule has 0 aliphatic carbocycles. The summed E-state index contributed by atoms with van der Waals surface area (Å²) in [6.07, 6.45) is 3.00. The molecule has 6 nitrogen and oxygen atoms in total. The third-order valence-corrected chi connectivity index (χ3v) is 5.59. The quantitative estimate of drug-likeness (QED) is 0.680. The van der Waals surface area contributed by atoms with Crippen molar-refractivity contribution in [1.82, 2.24) is 4.90 Å². The number of ether oxygens (including phenoxy) is 1. The number of carbonyl (C=O) groups excluding carboxylic acids is 2. The minimum atomic E-state index is -0.137. The predicted molar refractivity (Wildman–Crippen MR) is 125 cm³/mol. The molecule has 1 heterocycles. The third kappa shape index (κ3) is 6.56. The van der Waals surface area contributed by atoms with E-state index in [1.165, 1.54) is 0 Å². The maximum atomic E-state index is 12.8. The molecule has 166 valence electrons. The highest BCUT2D eigenvalue weighted by molar-refractivity contribution is 6.06. The lowest BCUT2D eigenvalue weighted by molar-refractivity contribution is 0.0112. The number of urea groups is 1. The highest BCUT2D eigenvalue weighted by Gasteiger charge is 2.23. The zero-order valence-electron chi connectivity index (χ0n) is 18.7. The van der Waals surface area contributed by atoms with Crippen LogP contribution in [0.25, 0.3) is 0 Å². The van der Waals surface area contributed by atoms with E-state index in [1.54, 1.807) is 36.2 Å². The molecule has 0 radical (unpaired) electrons. The molecule has 2 aromatic carbocycles. The van der Waals surface area contributed by atoms with Gasteiger partial charge >= 0.3 is 6.03 Å². The summed E-state index contributed by atoms with van der Waals surface area (Å²) in [4.78, 5) is 28.9. The minimum Gasteiger partial charge on any atom is -0.378 e. The Morgan fingerprint density at radius 3 is 2.48 bits per heavy atom. The van der Waals surface area contributed by atoms with Crippen LogP contribution in [0.15, 0.2) is 54.6 Å². The molecule has 6 heteroatoms. The Hall–Kier alpha value is -2.86. The Kier molecular flexibility index (Phi) is 8.06. The van der Waals surface area contributed by atoms with Gasteiger partial charge in [0.05, 0.1) is 6.10 Å². The van der Waals surface area contributed by atoms with Crippen LogP contribution in [-0.4, -0.2) is 49.7 Å². The lowest BCUT2D eigenvalue weighted by Crippen LogP contribution is -2.43. The normalized spacial score (nSPS) is 14.5. The van der Waals surface area contributed by atoms with Gasteiger partial charge in [0.15, 0.2) is 0 Å². The summed E-state index contributed by atoms with van der Waals surface area (Å²) >= 11 is 0. The standard InChI is InChI=1S/C25H33N3O3/c1-19(2)14-17-31-23-12-15-28(16-13-23)25(30)26-21-9-7-8-20(18-21)24(29)27(3)22-10-5-4-6-11-22/h4-11,18-19,23H,12-17H2,1-3H3,(H,26,30). The van der Waals surface area contributed by atoms with Crippen LogP contribution < -0.4 is 10.2 Å². The van der Waals surface area contributed by atoms with Crippen molar-refractivity contribution in [2.75, 3.05) is 37.0 Å². The summed E-state index contributed by atoms with van der Waals surface area (Å²) in [5.74, 6) is 0.516. The van der Waals surface area contributed by atoms with Crippen molar-refractivity contribution in [1.29, 1.82) is 0 Å². The summed E-state index contributed by atoms with van der Waals surface area (Å²) in [5.41, 5.74) is 1.97. The molecular weight excluding hydrogens is 390 g/mol. The highest BCUT2D eigenvalue weighted by Crippen LogP contribution is 2.19. The maximum Gasteiger partial charge on any atom is 0.321 e. The smallest absolute Gasteiger partial charge is 0.321 e. The first kappa shape index (κ1) is 22.8. The van der Waals surface area contributed by atoms with Crippen LogP contribution in [0.5, 0.6) is 0 Å². The second-order valence-corrected chi connectivity index (χ2v) is 8.45. The molecule has 1 aliphatic rings. The number of amides is 3. The van der Waals surface area contributed by atoms with E-state index < -0.39 is 0 Å². The summed E-state index contributed by atoms with van der Waals surface area (Å²) in [7, 11) is 1.75. The predicted octanol–water partition coefficient (Wildman–Crippen LogP) is 5.02. The Labute approximate surface area is 185 Å². The Bertz CT molecular complexity index is 861. The van der Waals surface area contributed by atoms with E-state index >= 15 is 0 Å². The molecule has 3 amide bonds. The second kappa shape index (κ2) is 11.0. The van der Waals surface area contributed by atoms with Gasteiger partial charge in [-0.05, 0) is 55.5 Å². The van der Waals surface area contributed by atoms with Crippen LogP contribution in [0.3, 0.4) is 0 Å². The molecule has 0 unspecified atom stereocenters. The molecule has 3 rings (SSSR count). The number of hydrogen-bond acceptors (Lipinski definition) is 3. The van der Waals surface area contributed by atoms with E-state index in [0.29, 0.717) is 30.3 Å². The van der Waals surface area contributed by atoms with Crippen LogP contribution in [0, 0.1) is 5.92 Å². The third-order valence-electron chi connectivity index (χ3n) is 5.59. The molecule has 0 bridgehead atoms. The largest absolute Gasteiger partial charge is 0.378 e. The second-order valence-electron chi connectivity index (χ2n) is 8.45. The molecular formula is C25H33N3O3. The number of anilines is 2. The van der Waals surface area contributed by atoms with Crippen LogP contribution in [-0.2, 0) is 4.74 Å². The molecule has 0 spiro atoms. The first-order valence-corrected chi connectivity index (χ1v) is 11.0. The number of para-hydroxylation sites is 1. The topological polar surface area (TPSA) is 61.9 Å². The number of nitrogens with zero attached hydrogens (tertiary/aromatic N) is 2. The highest BCUT2D eigenvalue weighted by atomic mass is 16.5. The molecule has 1 fully saturated rings. The van der Waals surface area contributed by atoms with Crippen LogP contribution in [0.4, 0.5) is 16.2 Å². The molecule has 1 aliphatic heterocycles. The first-order valence-electron chi connectivity index (χ1n) is 11.0. The summed E-state index contributed by atoms with van der Waals surface area (Å²) in [5, 5.41) is 2.93. The fourth-order valence-electron chi connectivity index (χ4n) is 3.59. The minimum absolute atomic E-state index is 0.123. The number of likely N-dealkylation sites (tertiary alicyclic amines) is 1. The first-order chi connectivity index (χ1) is 14.9. The van der Waals surface area contributed by atoms with Gasteiger partial charge in [-0.15, -0.1) is 0 Å². The van der Waals surface area contributed by atoms with E-state index in [1.807, 2.05) is 35.2 Å². The van der Waals surface area contributed by atoms with Gasteiger partial charge < -0.3 is 19.9 Å². The summed E-state index contributed by atoms with van der Waals surface area (Å²) in [6.45, 7) is 6.52. The van der Waals surface area contributed by atoms with Gasteiger partial charge in [0, 0.05) is 43.7 Å². The van der Waals surface area contributed by atoms with Crippen molar-refractivity contribution in [2.24, 2.45) is 5.92 Å². The van der Waals surface area contributed by atoms with Crippen molar-refractivity contribution >= 4 is 23.3 Å². The number of nitrogens with one attached hydrogen (secondary N) is 1. The van der Waals surface area contributed by atoms with E-state index in [2.05, 4.69) is 19.2 Å². The molecule has 31 heavy (non-hydrogen) atoms. The number of hydrogen-bond donors (Lipinski definition) is 1. The van der Waals surface area contributed by atoms with Gasteiger partial charge in [-0.2, -0.15) is 0 Å². The fourth-order valence-corrected chi connectivity index (χ4v) is 3.59. The van der Waals surface area contributed by atoms with E-state index in [9.17, 15) is 9.59 Å². The molecule has 0 atom stereocenters. The van der Waals surface area contributed by atoms with Gasteiger partial charge in [-0.25, -0.2) is 4.79 Å². The van der Waals surface area contributed by atoms with Gasteiger partial charge in [0.25, 0.3) is 5.91 Å². The number of carbonyl (C=O) groups is 2. The van der Waals surface area contributed by atoms with Gasteiger partial charge in [0.1, 0.15) is 0 Å². The van der Waals surface area contributed by atoms with Gasteiger partial charge in [-0.3, -0.25) is 4.79 Å². The van der Waals surface area contributed by atoms with Crippen molar-refractivity contribution in [3.63, 3.8) is 0 Å². The average molecular weight is 424 g/mol. The Morgan fingerprint density at radius 2 is 1.81 bits per heavy atom. The van der Waals surface area contributed by atoms with Gasteiger partial charge in [-0.1, -0.05) is 38.1 Å². The van der Waals surface area contributed by atoms with E-state index in [0.717, 1.165) is 31.6 Å². The summed E-state index contributed by atoms with van der Waals surface area (Å²) in [6, 6.07) is 16.4. The molecule has 1 saturated heterocycles. The zero-order chi connectivity index (χ0) is 22.2. The summed E-state index contributed by atoms with van der Waals surface area (Å²) < 4.78 is 5.94. The van der Waals surface area contributed by atoms with Crippen LogP contribution >= 0.6 is 0 Å². The monoisotopic (exact) mass is 423 g/mol.